The van der Waals surface area contributed by atoms with Crippen LogP contribution in [0.4, 0.5) is 4.39 Å². The molecule has 0 amide bonds. The van der Waals surface area contributed by atoms with E-state index in [2.05, 4.69) is 10.2 Å². The Kier molecular flexibility index (Phi) is 2.45. The zero-order chi connectivity index (χ0) is 11.7. The van der Waals surface area contributed by atoms with Gasteiger partial charge < -0.3 is 4.42 Å². The summed E-state index contributed by atoms with van der Waals surface area (Å²) in [5.74, 6) is 0.463. The summed E-state index contributed by atoms with van der Waals surface area (Å²) >= 11 is 1.52. The van der Waals surface area contributed by atoms with Crippen LogP contribution in [0.3, 0.4) is 0 Å². The minimum atomic E-state index is -0.321. The summed E-state index contributed by atoms with van der Waals surface area (Å²) in [6.07, 6.45) is 0. The van der Waals surface area contributed by atoms with Gasteiger partial charge in [-0.2, -0.15) is 0 Å². The lowest BCUT2D eigenvalue weighted by atomic mass is 10.2. The van der Waals surface area contributed by atoms with Crippen LogP contribution in [0.25, 0.3) is 22.2 Å². The molecule has 3 nitrogen and oxygen atoms in total. The van der Waals surface area contributed by atoms with E-state index < -0.39 is 0 Å². The average Bonchev–Trinajstić information content (AvgIpc) is 3.00. The Morgan fingerprint density at radius 3 is 2.71 bits per heavy atom. The largest absolute Gasteiger partial charge is 0.415 e. The molecule has 0 saturated heterocycles. The summed E-state index contributed by atoms with van der Waals surface area (Å²) in [7, 11) is 0. The van der Waals surface area contributed by atoms with Gasteiger partial charge in [-0.05, 0) is 29.6 Å². The molecule has 0 atom stereocenters. The Bertz CT molecular complexity index is 634. The second-order valence-electron chi connectivity index (χ2n) is 3.40. The summed E-state index contributed by atoms with van der Waals surface area (Å²) in [6, 6.07) is 9.89. The van der Waals surface area contributed by atoms with Crippen molar-refractivity contribution in [3.8, 4) is 22.2 Å². The molecule has 5 heteroatoms. The Morgan fingerprint density at radius 2 is 1.94 bits per heavy atom. The number of hydrogen-bond donors (Lipinski definition) is 0. The van der Waals surface area contributed by atoms with Crippen LogP contribution in [0, 0.1) is 5.82 Å². The van der Waals surface area contributed by atoms with Crippen LogP contribution < -0.4 is 0 Å². The van der Waals surface area contributed by atoms with Crippen molar-refractivity contribution in [3.63, 3.8) is 0 Å². The van der Waals surface area contributed by atoms with Crippen LogP contribution in [0.5, 0.6) is 0 Å². The maximum atomic E-state index is 13.0. The highest BCUT2D eigenvalue weighted by atomic mass is 32.1. The summed E-state index contributed by atoms with van der Waals surface area (Å²) in [5, 5.41) is 9.77. The molecule has 3 aromatic rings. The zero-order valence-corrected chi connectivity index (χ0v) is 9.45. The average molecular weight is 246 g/mol. The molecule has 17 heavy (non-hydrogen) atoms. The molecule has 1 aromatic carbocycles. The first-order chi connectivity index (χ1) is 8.33. The predicted molar refractivity (Wildman–Crippen MR) is 63.0 cm³/mol. The fourth-order valence-electron chi connectivity index (χ4n) is 1.46. The van der Waals surface area contributed by atoms with Crippen molar-refractivity contribution >= 4 is 11.3 Å². The van der Waals surface area contributed by atoms with E-state index in [0.717, 1.165) is 4.88 Å². The second kappa shape index (κ2) is 4.10. The third-order valence-corrected chi connectivity index (χ3v) is 3.09. The van der Waals surface area contributed by atoms with Crippen molar-refractivity contribution in [2.45, 2.75) is 0 Å². The lowest BCUT2D eigenvalue weighted by Crippen LogP contribution is -1.79. The first-order valence-corrected chi connectivity index (χ1v) is 5.84. The molecule has 3 rings (SSSR count). The van der Waals surface area contributed by atoms with Gasteiger partial charge in [-0.3, -0.25) is 0 Å². The summed E-state index contributed by atoms with van der Waals surface area (Å²) in [6.45, 7) is 0. The first-order valence-electron chi connectivity index (χ1n) is 4.96. The van der Waals surface area contributed by atoms with E-state index in [-0.39, 0.29) is 5.82 Å². The summed E-state index contributed by atoms with van der Waals surface area (Å²) in [4.78, 5) is 0.903. The van der Waals surface area contributed by atoms with Crippen molar-refractivity contribution < 1.29 is 8.81 Å². The van der Waals surface area contributed by atoms with Gasteiger partial charge in [-0.15, -0.1) is 21.5 Å². The number of thiophene rings is 1. The molecule has 0 aliphatic carbocycles. The molecule has 2 aromatic heterocycles. The monoisotopic (exact) mass is 246 g/mol. The lowest BCUT2D eigenvalue weighted by molar-refractivity contribution is 0.583. The Labute approximate surface area is 101 Å². The standard InChI is InChI=1S/C12H7FN2OS/c13-9-4-1-3-8(7-9)11-14-15-12(16-11)10-5-2-6-17-10/h1-7H. The van der Waals surface area contributed by atoms with E-state index in [0.29, 0.717) is 17.3 Å². The number of aromatic nitrogens is 2. The minimum absolute atomic E-state index is 0.321. The fourth-order valence-corrected chi connectivity index (χ4v) is 2.11. The van der Waals surface area contributed by atoms with Gasteiger partial charge >= 0.3 is 0 Å². The molecule has 0 spiro atoms. The Hall–Kier alpha value is -2.01. The zero-order valence-electron chi connectivity index (χ0n) is 8.63. The van der Waals surface area contributed by atoms with Crippen LogP contribution in [0.1, 0.15) is 0 Å². The first kappa shape index (κ1) is 10.2. The van der Waals surface area contributed by atoms with Crippen LogP contribution >= 0.6 is 11.3 Å². The SMILES string of the molecule is Fc1cccc(-c2nnc(-c3cccs3)o2)c1. The van der Waals surface area contributed by atoms with Gasteiger partial charge in [0.25, 0.3) is 5.89 Å². The fraction of sp³-hybridized carbons (Fsp3) is 0. The van der Waals surface area contributed by atoms with Gasteiger partial charge in [0, 0.05) is 5.56 Å². The van der Waals surface area contributed by atoms with Gasteiger partial charge in [0.2, 0.25) is 5.89 Å². The van der Waals surface area contributed by atoms with Gasteiger partial charge in [0.15, 0.2) is 0 Å². The van der Waals surface area contributed by atoms with Gasteiger partial charge in [0.1, 0.15) is 5.82 Å². The number of hydrogen-bond acceptors (Lipinski definition) is 4. The Balaban J connectivity index is 2.01. The van der Waals surface area contributed by atoms with E-state index >= 15 is 0 Å². The maximum Gasteiger partial charge on any atom is 0.258 e. The highest BCUT2D eigenvalue weighted by Crippen LogP contribution is 2.26. The molecule has 0 aliphatic rings. The highest BCUT2D eigenvalue weighted by Gasteiger charge is 2.11. The smallest absolute Gasteiger partial charge is 0.258 e. The van der Waals surface area contributed by atoms with Crippen LogP contribution in [-0.2, 0) is 0 Å². The van der Waals surface area contributed by atoms with Gasteiger partial charge in [-0.1, -0.05) is 12.1 Å². The van der Waals surface area contributed by atoms with Crippen molar-refractivity contribution in [2.75, 3.05) is 0 Å². The highest BCUT2D eigenvalue weighted by molar-refractivity contribution is 7.13. The molecule has 0 unspecified atom stereocenters. The predicted octanol–water partition coefficient (Wildman–Crippen LogP) is 3.60. The molecule has 2 heterocycles. The molecule has 0 saturated carbocycles. The van der Waals surface area contributed by atoms with Crippen molar-refractivity contribution in [2.24, 2.45) is 0 Å². The normalized spacial score (nSPS) is 10.6. The summed E-state index contributed by atoms with van der Waals surface area (Å²) < 4.78 is 18.5. The molecule has 0 bridgehead atoms. The molecule has 0 fully saturated rings. The third kappa shape index (κ3) is 1.97. The van der Waals surface area contributed by atoms with Crippen LogP contribution in [-0.4, -0.2) is 10.2 Å². The van der Waals surface area contributed by atoms with E-state index in [1.807, 2.05) is 17.5 Å². The van der Waals surface area contributed by atoms with E-state index in [1.54, 1.807) is 12.1 Å². The topological polar surface area (TPSA) is 38.9 Å². The van der Waals surface area contributed by atoms with E-state index in [4.69, 9.17) is 4.42 Å². The summed E-state index contributed by atoms with van der Waals surface area (Å²) in [5.41, 5.74) is 0.584. The van der Waals surface area contributed by atoms with Crippen molar-refractivity contribution in [1.82, 2.24) is 10.2 Å². The molecular formula is C12H7FN2OS. The number of nitrogens with zero attached hydrogens (tertiary/aromatic N) is 2. The molecule has 0 aliphatic heterocycles. The van der Waals surface area contributed by atoms with Crippen molar-refractivity contribution in [3.05, 3.63) is 47.6 Å². The Morgan fingerprint density at radius 1 is 1.06 bits per heavy atom. The maximum absolute atomic E-state index is 13.0. The minimum Gasteiger partial charge on any atom is -0.415 e. The number of halogens is 1. The van der Waals surface area contributed by atoms with E-state index in [1.165, 1.54) is 23.5 Å². The molecule has 0 radical (unpaired) electrons. The lowest BCUT2D eigenvalue weighted by Gasteiger charge is -1.93. The van der Waals surface area contributed by atoms with Crippen molar-refractivity contribution in [1.29, 1.82) is 0 Å². The van der Waals surface area contributed by atoms with Gasteiger partial charge in [-0.25, -0.2) is 4.39 Å². The number of rotatable bonds is 2. The quantitative estimate of drug-likeness (QED) is 0.693. The van der Waals surface area contributed by atoms with E-state index in [9.17, 15) is 4.39 Å². The molecule has 0 N–H and O–H groups in total. The molecule has 84 valence electrons. The molecular weight excluding hydrogens is 239 g/mol. The third-order valence-electron chi connectivity index (χ3n) is 2.23. The van der Waals surface area contributed by atoms with Gasteiger partial charge in [0.05, 0.1) is 4.88 Å². The van der Waals surface area contributed by atoms with Crippen LogP contribution in [0.2, 0.25) is 0 Å². The number of benzene rings is 1. The second-order valence-corrected chi connectivity index (χ2v) is 4.35. The van der Waals surface area contributed by atoms with Crippen LogP contribution in [0.15, 0.2) is 46.2 Å².